The van der Waals surface area contributed by atoms with Crippen molar-refractivity contribution in [3.63, 3.8) is 0 Å². The Morgan fingerprint density at radius 3 is 2.42 bits per heavy atom. The maximum Gasteiger partial charge on any atom is 0.00219 e. The summed E-state index contributed by atoms with van der Waals surface area (Å²) in [5, 5.41) is 0. The standard InChI is InChI=1S/C18H29N/c1-15-6-5-12-19(14-15)13-11-16-7-9-17(10-8-16)18(2,3)4/h7-10,15H,5-6,11-14H2,1-4H3/t15-/m0/s1. The van der Waals surface area contributed by atoms with Crippen LogP contribution in [-0.4, -0.2) is 24.5 Å². The van der Waals surface area contributed by atoms with Crippen LogP contribution in [0.1, 0.15) is 51.7 Å². The van der Waals surface area contributed by atoms with Gasteiger partial charge in [0.2, 0.25) is 0 Å². The van der Waals surface area contributed by atoms with Gasteiger partial charge >= 0.3 is 0 Å². The molecule has 0 aliphatic carbocycles. The molecule has 106 valence electrons. The van der Waals surface area contributed by atoms with E-state index in [2.05, 4.69) is 56.9 Å². The highest BCUT2D eigenvalue weighted by Gasteiger charge is 2.16. The van der Waals surface area contributed by atoms with Crippen molar-refractivity contribution >= 4 is 0 Å². The lowest BCUT2D eigenvalue weighted by molar-refractivity contribution is 0.186. The van der Waals surface area contributed by atoms with Crippen molar-refractivity contribution in [3.8, 4) is 0 Å². The van der Waals surface area contributed by atoms with Crippen molar-refractivity contribution in [2.75, 3.05) is 19.6 Å². The summed E-state index contributed by atoms with van der Waals surface area (Å²) in [6.07, 6.45) is 3.98. The molecule has 1 nitrogen and oxygen atoms in total. The van der Waals surface area contributed by atoms with Crippen molar-refractivity contribution in [2.45, 2.75) is 52.4 Å². The summed E-state index contributed by atoms with van der Waals surface area (Å²) in [4.78, 5) is 2.63. The van der Waals surface area contributed by atoms with Gasteiger partial charge in [0.25, 0.3) is 0 Å². The lowest BCUT2D eigenvalue weighted by Gasteiger charge is -2.30. The monoisotopic (exact) mass is 259 g/mol. The molecule has 1 fully saturated rings. The Hall–Kier alpha value is -0.820. The summed E-state index contributed by atoms with van der Waals surface area (Å²) >= 11 is 0. The Labute approximate surface area is 119 Å². The predicted octanol–water partition coefficient (Wildman–Crippen LogP) is 4.26. The number of benzene rings is 1. The largest absolute Gasteiger partial charge is 0.303 e. The molecule has 0 amide bonds. The first-order valence-electron chi connectivity index (χ1n) is 7.77. The van der Waals surface area contributed by atoms with Crippen molar-refractivity contribution in [2.24, 2.45) is 5.92 Å². The van der Waals surface area contributed by atoms with Gasteiger partial charge in [-0.05, 0) is 48.3 Å². The second-order valence-corrected chi connectivity index (χ2v) is 7.24. The SMILES string of the molecule is C[C@H]1CCCN(CCc2ccc(C(C)(C)C)cc2)C1. The first kappa shape index (κ1) is 14.6. The fourth-order valence-electron chi connectivity index (χ4n) is 2.95. The zero-order valence-electron chi connectivity index (χ0n) is 13.1. The molecule has 19 heavy (non-hydrogen) atoms. The van der Waals surface area contributed by atoms with Gasteiger partial charge in [-0.1, -0.05) is 52.0 Å². The van der Waals surface area contributed by atoms with Gasteiger partial charge in [-0.25, -0.2) is 0 Å². The molecule has 1 atom stereocenters. The fourth-order valence-corrected chi connectivity index (χ4v) is 2.95. The molecule has 0 N–H and O–H groups in total. The summed E-state index contributed by atoms with van der Waals surface area (Å²) < 4.78 is 0. The third-order valence-electron chi connectivity index (χ3n) is 4.28. The van der Waals surface area contributed by atoms with E-state index in [1.807, 2.05) is 0 Å². The highest BCUT2D eigenvalue weighted by atomic mass is 15.1. The molecule has 1 aliphatic heterocycles. The smallest absolute Gasteiger partial charge is 0.00219 e. The number of nitrogens with zero attached hydrogens (tertiary/aromatic N) is 1. The van der Waals surface area contributed by atoms with Crippen LogP contribution in [-0.2, 0) is 11.8 Å². The minimum absolute atomic E-state index is 0.265. The molecule has 0 unspecified atom stereocenters. The Kier molecular flexibility index (Phi) is 4.67. The van der Waals surface area contributed by atoms with Crippen LogP contribution in [0.5, 0.6) is 0 Å². The lowest BCUT2D eigenvalue weighted by atomic mass is 9.86. The van der Waals surface area contributed by atoms with Crippen LogP contribution >= 0.6 is 0 Å². The topological polar surface area (TPSA) is 3.24 Å². The molecule has 0 bridgehead atoms. The normalized spacial score (nSPS) is 21.6. The van der Waals surface area contributed by atoms with Crippen molar-refractivity contribution in [1.82, 2.24) is 4.90 Å². The number of hydrogen-bond donors (Lipinski definition) is 0. The molecule has 2 rings (SSSR count). The summed E-state index contributed by atoms with van der Waals surface area (Å²) in [5.74, 6) is 0.886. The van der Waals surface area contributed by atoms with Gasteiger partial charge in [-0.15, -0.1) is 0 Å². The average Bonchev–Trinajstić information content (AvgIpc) is 2.36. The molecule has 1 aromatic rings. The van der Waals surface area contributed by atoms with Gasteiger partial charge in [0.15, 0.2) is 0 Å². The quantitative estimate of drug-likeness (QED) is 0.784. The Morgan fingerprint density at radius 2 is 1.84 bits per heavy atom. The second kappa shape index (κ2) is 6.09. The molecule has 0 spiro atoms. The number of hydrogen-bond acceptors (Lipinski definition) is 1. The molecule has 1 saturated heterocycles. The van der Waals surface area contributed by atoms with Crippen molar-refractivity contribution in [1.29, 1.82) is 0 Å². The van der Waals surface area contributed by atoms with Gasteiger partial charge in [-0.2, -0.15) is 0 Å². The third-order valence-corrected chi connectivity index (χ3v) is 4.28. The van der Waals surface area contributed by atoms with E-state index in [-0.39, 0.29) is 5.41 Å². The van der Waals surface area contributed by atoms with E-state index in [1.54, 1.807) is 0 Å². The van der Waals surface area contributed by atoms with E-state index in [0.717, 1.165) is 5.92 Å². The minimum Gasteiger partial charge on any atom is -0.303 e. The molecule has 1 heteroatoms. The first-order chi connectivity index (χ1) is 8.95. The van der Waals surface area contributed by atoms with Crippen molar-refractivity contribution < 1.29 is 0 Å². The van der Waals surface area contributed by atoms with E-state index in [1.165, 1.54) is 50.0 Å². The van der Waals surface area contributed by atoms with Gasteiger partial charge in [0.1, 0.15) is 0 Å². The number of piperidine rings is 1. The maximum absolute atomic E-state index is 2.63. The van der Waals surface area contributed by atoms with E-state index in [4.69, 9.17) is 0 Å². The van der Waals surface area contributed by atoms with Crippen LogP contribution in [0.3, 0.4) is 0 Å². The van der Waals surface area contributed by atoms with E-state index < -0.39 is 0 Å². The molecule has 1 aliphatic rings. The minimum atomic E-state index is 0.265. The molecule has 1 aromatic carbocycles. The summed E-state index contributed by atoms with van der Waals surface area (Å²) in [7, 11) is 0. The highest BCUT2D eigenvalue weighted by molar-refractivity contribution is 5.27. The molecule has 0 radical (unpaired) electrons. The maximum atomic E-state index is 2.63. The number of rotatable bonds is 3. The summed E-state index contributed by atoms with van der Waals surface area (Å²) in [6.45, 7) is 13.0. The lowest BCUT2D eigenvalue weighted by Crippen LogP contribution is -2.35. The zero-order chi connectivity index (χ0) is 13.9. The Morgan fingerprint density at radius 1 is 1.16 bits per heavy atom. The highest BCUT2D eigenvalue weighted by Crippen LogP contribution is 2.22. The van der Waals surface area contributed by atoms with E-state index in [9.17, 15) is 0 Å². The van der Waals surface area contributed by atoms with Gasteiger partial charge in [0.05, 0.1) is 0 Å². The van der Waals surface area contributed by atoms with Gasteiger partial charge in [0, 0.05) is 13.1 Å². The summed E-state index contributed by atoms with van der Waals surface area (Å²) in [5.41, 5.74) is 3.18. The second-order valence-electron chi connectivity index (χ2n) is 7.24. The first-order valence-corrected chi connectivity index (χ1v) is 7.77. The van der Waals surface area contributed by atoms with Crippen LogP contribution in [0, 0.1) is 5.92 Å². The zero-order valence-corrected chi connectivity index (χ0v) is 13.1. The fraction of sp³-hybridized carbons (Fsp3) is 0.667. The van der Waals surface area contributed by atoms with Gasteiger partial charge in [-0.3, -0.25) is 0 Å². The Balaban J connectivity index is 1.86. The molecule has 1 heterocycles. The van der Waals surface area contributed by atoms with Crippen LogP contribution in [0.25, 0.3) is 0 Å². The van der Waals surface area contributed by atoms with Crippen LogP contribution in [0.2, 0.25) is 0 Å². The van der Waals surface area contributed by atoms with Crippen LogP contribution < -0.4 is 0 Å². The molecular weight excluding hydrogens is 230 g/mol. The Bertz CT molecular complexity index is 385. The van der Waals surface area contributed by atoms with Crippen LogP contribution in [0.15, 0.2) is 24.3 Å². The average molecular weight is 259 g/mol. The van der Waals surface area contributed by atoms with E-state index >= 15 is 0 Å². The molecule has 0 saturated carbocycles. The predicted molar refractivity (Wildman–Crippen MR) is 83.7 cm³/mol. The van der Waals surface area contributed by atoms with Gasteiger partial charge < -0.3 is 4.90 Å². The summed E-state index contributed by atoms with van der Waals surface area (Å²) in [6, 6.07) is 9.23. The molecule has 0 aromatic heterocycles. The molecular formula is C18H29N. The van der Waals surface area contributed by atoms with Crippen LogP contribution in [0.4, 0.5) is 0 Å². The number of likely N-dealkylation sites (tertiary alicyclic amines) is 1. The van der Waals surface area contributed by atoms with E-state index in [0.29, 0.717) is 0 Å². The third kappa shape index (κ3) is 4.35. The van der Waals surface area contributed by atoms with Crippen molar-refractivity contribution in [3.05, 3.63) is 35.4 Å².